The zero-order chi connectivity index (χ0) is 22.7. The molecule has 1 atom stereocenters. The normalized spacial score (nSPS) is 12.1. The minimum Gasteiger partial charge on any atom is -0.478 e. The molecular formula is C26H45NO4. The highest BCUT2D eigenvalue weighted by atomic mass is 16.4. The minimum absolute atomic E-state index is 0.0861. The van der Waals surface area contributed by atoms with E-state index in [4.69, 9.17) is 5.11 Å². The van der Waals surface area contributed by atoms with Crippen molar-refractivity contribution < 1.29 is 20.1 Å². The Bertz CT molecular complexity index is 591. The Labute approximate surface area is 189 Å². The summed E-state index contributed by atoms with van der Waals surface area (Å²) in [5.41, 5.74) is 1.25. The Morgan fingerprint density at radius 2 is 1.39 bits per heavy atom. The number of aliphatic hydroxyl groups is 2. The number of aliphatic hydroxyl groups excluding tert-OH is 2. The molecule has 31 heavy (non-hydrogen) atoms. The van der Waals surface area contributed by atoms with E-state index in [9.17, 15) is 15.0 Å². The van der Waals surface area contributed by atoms with Gasteiger partial charge in [0, 0.05) is 25.3 Å². The first-order valence-electron chi connectivity index (χ1n) is 12.5. The predicted molar refractivity (Wildman–Crippen MR) is 129 cm³/mol. The molecule has 1 rings (SSSR count). The Balaban J connectivity index is 2.10. The number of carboxylic acid groups (broad SMARTS) is 1. The van der Waals surface area contributed by atoms with Crippen molar-refractivity contribution in [3.8, 4) is 0 Å². The third kappa shape index (κ3) is 12.8. The van der Waals surface area contributed by atoms with Crippen molar-refractivity contribution >= 4 is 11.7 Å². The maximum atomic E-state index is 11.4. The molecular weight excluding hydrogens is 390 g/mol. The van der Waals surface area contributed by atoms with E-state index < -0.39 is 12.1 Å². The smallest absolute Gasteiger partial charge is 0.336 e. The lowest BCUT2D eigenvalue weighted by molar-refractivity contribution is 0.0685. The number of hydrogen-bond acceptors (Lipinski definition) is 4. The minimum atomic E-state index is -1.06. The molecule has 0 saturated carbocycles. The van der Waals surface area contributed by atoms with Gasteiger partial charge in [0.05, 0.1) is 11.7 Å². The molecule has 0 amide bonds. The summed E-state index contributed by atoms with van der Waals surface area (Å²) >= 11 is 0. The summed E-state index contributed by atoms with van der Waals surface area (Å²) in [6.45, 7) is 2.91. The Morgan fingerprint density at radius 1 is 0.871 bits per heavy atom. The van der Waals surface area contributed by atoms with Crippen molar-refractivity contribution in [3.63, 3.8) is 0 Å². The van der Waals surface area contributed by atoms with Gasteiger partial charge in [0.1, 0.15) is 0 Å². The maximum absolute atomic E-state index is 11.4. The summed E-state index contributed by atoms with van der Waals surface area (Å²) in [5, 5.41) is 31.8. The zero-order valence-corrected chi connectivity index (χ0v) is 19.6. The molecule has 4 N–H and O–H groups in total. The van der Waals surface area contributed by atoms with E-state index in [2.05, 4.69) is 12.2 Å². The van der Waals surface area contributed by atoms with Crippen molar-refractivity contribution in [1.29, 1.82) is 0 Å². The lowest BCUT2D eigenvalue weighted by Gasteiger charge is -2.15. The van der Waals surface area contributed by atoms with Crippen LogP contribution in [0.4, 0.5) is 5.69 Å². The molecule has 1 unspecified atom stereocenters. The molecule has 178 valence electrons. The highest BCUT2D eigenvalue weighted by Crippen LogP contribution is 2.25. The van der Waals surface area contributed by atoms with Crippen molar-refractivity contribution in [3.05, 3.63) is 29.3 Å². The van der Waals surface area contributed by atoms with Crippen LogP contribution < -0.4 is 5.32 Å². The van der Waals surface area contributed by atoms with Crippen LogP contribution in [0.5, 0.6) is 0 Å². The molecule has 1 aromatic carbocycles. The summed E-state index contributed by atoms with van der Waals surface area (Å²) in [4.78, 5) is 11.4. The molecule has 0 aliphatic rings. The molecule has 0 saturated heterocycles. The van der Waals surface area contributed by atoms with Crippen LogP contribution in [0.15, 0.2) is 18.2 Å². The van der Waals surface area contributed by atoms with Gasteiger partial charge in [0.25, 0.3) is 0 Å². The molecule has 0 bridgehead atoms. The Morgan fingerprint density at radius 3 is 1.87 bits per heavy atom. The number of carboxylic acids is 1. The van der Waals surface area contributed by atoms with Gasteiger partial charge < -0.3 is 20.6 Å². The summed E-state index contributed by atoms with van der Waals surface area (Å²) < 4.78 is 0. The van der Waals surface area contributed by atoms with Crippen LogP contribution in [0.25, 0.3) is 0 Å². The third-order valence-corrected chi connectivity index (χ3v) is 5.90. The van der Waals surface area contributed by atoms with E-state index in [1.807, 2.05) is 0 Å². The van der Waals surface area contributed by atoms with E-state index in [-0.39, 0.29) is 18.6 Å². The molecule has 5 nitrogen and oxygen atoms in total. The number of aromatic carboxylic acids is 1. The van der Waals surface area contributed by atoms with Crippen molar-refractivity contribution in [2.75, 3.05) is 18.5 Å². The van der Waals surface area contributed by atoms with Crippen LogP contribution in [0.3, 0.4) is 0 Å². The first-order chi connectivity index (χ1) is 15.1. The molecule has 0 fully saturated rings. The second-order valence-electron chi connectivity index (χ2n) is 8.66. The summed E-state index contributed by atoms with van der Waals surface area (Å²) in [6.07, 6.45) is 17.8. The van der Waals surface area contributed by atoms with E-state index in [1.165, 1.54) is 89.5 Å². The van der Waals surface area contributed by atoms with Crippen molar-refractivity contribution in [1.82, 2.24) is 0 Å². The average Bonchev–Trinajstić information content (AvgIpc) is 2.76. The molecule has 5 heteroatoms. The van der Waals surface area contributed by atoms with Gasteiger partial charge in [0.15, 0.2) is 0 Å². The number of nitrogens with one attached hydrogen (secondary N) is 1. The largest absolute Gasteiger partial charge is 0.478 e. The molecule has 0 aromatic heterocycles. The first kappa shape index (κ1) is 27.4. The Kier molecular flexibility index (Phi) is 16.0. The zero-order valence-electron chi connectivity index (χ0n) is 19.6. The number of rotatable bonds is 20. The quantitative estimate of drug-likeness (QED) is 0.171. The fraction of sp³-hybridized carbons (Fsp3) is 0.731. The summed E-state index contributed by atoms with van der Waals surface area (Å²) in [7, 11) is 0. The van der Waals surface area contributed by atoms with Crippen LogP contribution >= 0.6 is 0 Å². The van der Waals surface area contributed by atoms with Gasteiger partial charge in [-0.15, -0.1) is 0 Å². The van der Waals surface area contributed by atoms with Gasteiger partial charge in [0.2, 0.25) is 0 Å². The second kappa shape index (κ2) is 18.0. The topological polar surface area (TPSA) is 89.8 Å². The molecule has 0 aliphatic carbocycles. The monoisotopic (exact) mass is 435 g/mol. The molecule has 0 aliphatic heterocycles. The summed E-state index contributed by atoms with van der Waals surface area (Å²) in [5.74, 6) is -1.06. The number of hydrogen-bond donors (Lipinski definition) is 4. The van der Waals surface area contributed by atoms with Gasteiger partial charge in [-0.1, -0.05) is 90.4 Å². The van der Waals surface area contributed by atoms with Gasteiger partial charge in [-0.3, -0.25) is 0 Å². The lowest BCUT2D eigenvalue weighted by Crippen LogP contribution is -2.10. The first-order valence-corrected chi connectivity index (χ1v) is 12.5. The summed E-state index contributed by atoms with van der Waals surface area (Å²) in [6, 6.07) is 4.95. The standard InChI is InChI=1S/C26H45NO4/c1-2-3-4-5-6-7-8-9-10-11-12-13-14-15-19-27-22-16-17-23(26(30)31)24(21-22)25(29)18-20-28/h16-17,21,25,27-29H,2-15,18-20H2,1H3,(H,30,31). The van der Waals surface area contributed by atoms with Crippen LogP contribution in [0, 0.1) is 0 Å². The second-order valence-corrected chi connectivity index (χ2v) is 8.66. The number of carbonyl (C=O) groups is 1. The fourth-order valence-electron chi connectivity index (χ4n) is 3.97. The van der Waals surface area contributed by atoms with Crippen molar-refractivity contribution in [2.45, 2.75) is 109 Å². The molecule has 1 aromatic rings. The van der Waals surface area contributed by atoms with Gasteiger partial charge in [-0.05, 0) is 30.2 Å². The van der Waals surface area contributed by atoms with E-state index in [0.29, 0.717) is 5.56 Å². The van der Waals surface area contributed by atoms with Gasteiger partial charge >= 0.3 is 5.97 Å². The lowest BCUT2D eigenvalue weighted by atomic mass is 9.99. The van der Waals surface area contributed by atoms with Crippen LogP contribution in [0.1, 0.15) is 125 Å². The third-order valence-electron chi connectivity index (χ3n) is 5.90. The Hall–Kier alpha value is -1.59. The van der Waals surface area contributed by atoms with Crippen molar-refractivity contribution in [2.24, 2.45) is 0 Å². The van der Waals surface area contributed by atoms with E-state index >= 15 is 0 Å². The fourth-order valence-corrected chi connectivity index (χ4v) is 3.97. The van der Waals surface area contributed by atoms with Gasteiger partial charge in [-0.2, -0.15) is 0 Å². The molecule has 0 spiro atoms. The predicted octanol–water partition coefficient (Wildman–Crippen LogP) is 6.69. The number of anilines is 1. The van der Waals surface area contributed by atoms with Gasteiger partial charge in [-0.25, -0.2) is 4.79 Å². The van der Waals surface area contributed by atoms with E-state index in [1.54, 1.807) is 12.1 Å². The van der Waals surface area contributed by atoms with Crippen LogP contribution in [0.2, 0.25) is 0 Å². The highest BCUT2D eigenvalue weighted by molar-refractivity contribution is 5.90. The van der Waals surface area contributed by atoms with Crippen LogP contribution in [-0.2, 0) is 0 Å². The maximum Gasteiger partial charge on any atom is 0.336 e. The molecule has 0 heterocycles. The number of benzene rings is 1. The number of unbranched alkanes of at least 4 members (excludes halogenated alkanes) is 13. The molecule has 0 radical (unpaired) electrons. The highest BCUT2D eigenvalue weighted by Gasteiger charge is 2.17. The SMILES string of the molecule is CCCCCCCCCCCCCCCCNc1ccc(C(=O)O)c(C(O)CCO)c1. The average molecular weight is 436 g/mol. The van der Waals surface area contributed by atoms with Crippen LogP contribution in [-0.4, -0.2) is 34.4 Å². The van der Waals surface area contributed by atoms with E-state index in [0.717, 1.165) is 18.7 Å².